The lowest BCUT2D eigenvalue weighted by molar-refractivity contribution is -0.143. The second kappa shape index (κ2) is 65.9. The monoisotopic (exact) mass is 1070 g/mol. The van der Waals surface area contributed by atoms with Crippen molar-refractivity contribution in [1.82, 2.24) is 5.32 Å². The zero-order valence-electron chi connectivity index (χ0n) is 51.5. The van der Waals surface area contributed by atoms with Crippen LogP contribution in [0.3, 0.4) is 0 Å². The van der Waals surface area contributed by atoms with Crippen molar-refractivity contribution in [1.29, 1.82) is 0 Å². The van der Waals surface area contributed by atoms with Crippen molar-refractivity contribution in [3.05, 3.63) is 24.3 Å². The lowest BCUT2D eigenvalue weighted by Gasteiger charge is -2.22. The second-order valence-corrected chi connectivity index (χ2v) is 23.9. The molecule has 2 unspecified atom stereocenters. The maximum absolute atomic E-state index is 12.5. The summed E-state index contributed by atoms with van der Waals surface area (Å²) in [5.41, 5.74) is 0. The summed E-state index contributed by atoms with van der Waals surface area (Å²) in [5, 5.41) is 23.3. The summed E-state index contributed by atoms with van der Waals surface area (Å²) in [6, 6.07) is -0.537. The van der Waals surface area contributed by atoms with E-state index in [2.05, 4.69) is 43.5 Å². The minimum atomic E-state index is -0.660. The molecular weight excluding hydrogens is 935 g/mol. The van der Waals surface area contributed by atoms with Gasteiger partial charge in [0.2, 0.25) is 5.91 Å². The van der Waals surface area contributed by atoms with Crippen molar-refractivity contribution in [2.45, 2.75) is 398 Å². The van der Waals surface area contributed by atoms with E-state index in [0.29, 0.717) is 25.9 Å². The number of allylic oxidation sites excluding steroid dienone is 4. The number of rotatable bonds is 65. The Hall–Kier alpha value is -1.66. The van der Waals surface area contributed by atoms with Crippen LogP contribution >= 0.6 is 0 Å². The van der Waals surface area contributed by atoms with Crippen molar-refractivity contribution >= 4 is 11.9 Å². The standard InChI is InChI=1S/C70H135NO5/c1-3-5-7-9-11-13-15-17-40-44-48-52-56-60-64-70(75)76-65-61-57-53-49-45-41-37-35-33-31-29-27-25-23-21-19-18-20-22-24-26-28-30-32-34-36-39-43-47-51-55-59-63-69(74)71-67(66-72)68(73)62-58-54-50-46-42-38-16-14-12-10-8-6-4-2/h9,11,15,17,67-68,72-73H,3-8,10,12-14,16,18-66H2,1-2H3,(H,71,74)/b11-9-,17-15-. The molecule has 0 spiro atoms. The van der Waals surface area contributed by atoms with E-state index in [1.807, 2.05) is 0 Å². The Labute approximate surface area is 475 Å². The van der Waals surface area contributed by atoms with Crippen LogP contribution < -0.4 is 5.32 Å². The first-order chi connectivity index (χ1) is 37.5. The van der Waals surface area contributed by atoms with Crippen LogP contribution in [0.1, 0.15) is 386 Å². The summed E-state index contributed by atoms with van der Waals surface area (Å²) in [7, 11) is 0. The number of ether oxygens (including phenoxy) is 1. The van der Waals surface area contributed by atoms with Crippen LogP contribution in [0, 0.1) is 0 Å². The molecule has 0 fully saturated rings. The molecule has 0 saturated heterocycles. The van der Waals surface area contributed by atoms with Crippen molar-refractivity contribution in [2.24, 2.45) is 0 Å². The highest BCUT2D eigenvalue weighted by atomic mass is 16.5. The van der Waals surface area contributed by atoms with Crippen LogP contribution in [0.5, 0.6) is 0 Å². The van der Waals surface area contributed by atoms with Gasteiger partial charge in [-0.2, -0.15) is 0 Å². The van der Waals surface area contributed by atoms with Crippen molar-refractivity contribution < 1.29 is 24.5 Å². The molecule has 76 heavy (non-hydrogen) atoms. The number of amides is 1. The molecule has 0 aliphatic carbocycles. The van der Waals surface area contributed by atoms with E-state index in [4.69, 9.17) is 4.74 Å². The lowest BCUT2D eigenvalue weighted by Crippen LogP contribution is -2.45. The van der Waals surface area contributed by atoms with E-state index in [1.165, 1.54) is 302 Å². The zero-order chi connectivity index (χ0) is 55.0. The number of hydrogen-bond acceptors (Lipinski definition) is 5. The number of esters is 1. The van der Waals surface area contributed by atoms with Gasteiger partial charge in [-0.3, -0.25) is 9.59 Å². The van der Waals surface area contributed by atoms with Crippen LogP contribution in [0.25, 0.3) is 0 Å². The number of carbonyl (C=O) groups excluding carboxylic acids is 2. The fourth-order valence-corrected chi connectivity index (χ4v) is 11.0. The lowest BCUT2D eigenvalue weighted by atomic mass is 10.0. The molecule has 450 valence electrons. The number of hydrogen-bond donors (Lipinski definition) is 3. The maximum atomic E-state index is 12.5. The van der Waals surface area contributed by atoms with Gasteiger partial charge in [0, 0.05) is 12.8 Å². The largest absolute Gasteiger partial charge is 0.466 e. The predicted octanol–water partition coefficient (Wildman–Crippen LogP) is 22.1. The molecule has 2 atom stereocenters. The molecule has 0 rings (SSSR count). The molecule has 6 heteroatoms. The molecule has 0 aliphatic heterocycles. The van der Waals surface area contributed by atoms with Gasteiger partial charge in [-0.25, -0.2) is 0 Å². The van der Waals surface area contributed by atoms with Crippen LogP contribution in [0.2, 0.25) is 0 Å². The Kier molecular flexibility index (Phi) is 64.4. The fraction of sp³-hybridized carbons (Fsp3) is 0.914. The van der Waals surface area contributed by atoms with E-state index >= 15 is 0 Å². The molecule has 0 aromatic rings. The molecule has 0 aromatic carbocycles. The number of unbranched alkanes of at least 4 members (excludes halogenated alkanes) is 50. The van der Waals surface area contributed by atoms with E-state index in [9.17, 15) is 19.8 Å². The summed E-state index contributed by atoms with van der Waals surface area (Å²) in [6.45, 7) is 4.93. The average Bonchev–Trinajstić information content (AvgIpc) is 3.42. The molecule has 1 amide bonds. The van der Waals surface area contributed by atoms with Gasteiger partial charge in [0.15, 0.2) is 0 Å². The number of carbonyl (C=O) groups is 2. The first-order valence-electron chi connectivity index (χ1n) is 34.6. The van der Waals surface area contributed by atoms with E-state index < -0.39 is 12.1 Å². The fourth-order valence-electron chi connectivity index (χ4n) is 11.0. The van der Waals surface area contributed by atoms with Gasteiger partial charge in [-0.1, -0.05) is 346 Å². The molecule has 0 bridgehead atoms. The SMILES string of the molecule is CCCC/C=C\C/C=C\CCCCCCCC(=O)OCCCCCCCCCCCCCCCCCCCCCCCCCCCCCCCCCCC(=O)NC(CO)C(O)CCCCCCCCCCCCCCC. The van der Waals surface area contributed by atoms with Gasteiger partial charge in [0.25, 0.3) is 0 Å². The number of aliphatic hydroxyl groups excluding tert-OH is 2. The van der Waals surface area contributed by atoms with Crippen LogP contribution in [0.15, 0.2) is 24.3 Å². The van der Waals surface area contributed by atoms with Crippen LogP contribution in [-0.2, 0) is 14.3 Å². The van der Waals surface area contributed by atoms with E-state index in [1.54, 1.807) is 0 Å². The molecule has 0 saturated carbocycles. The van der Waals surface area contributed by atoms with Gasteiger partial charge in [0.05, 0.1) is 25.4 Å². The molecule has 6 nitrogen and oxygen atoms in total. The van der Waals surface area contributed by atoms with Gasteiger partial charge in [-0.15, -0.1) is 0 Å². The molecule has 0 radical (unpaired) electrons. The van der Waals surface area contributed by atoms with Gasteiger partial charge in [-0.05, 0) is 51.4 Å². The first kappa shape index (κ1) is 74.3. The highest BCUT2D eigenvalue weighted by Gasteiger charge is 2.20. The third kappa shape index (κ3) is 61.6. The minimum Gasteiger partial charge on any atom is -0.466 e. The zero-order valence-corrected chi connectivity index (χ0v) is 51.5. The number of nitrogens with one attached hydrogen (secondary N) is 1. The first-order valence-corrected chi connectivity index (χ1v) is 34.6. The van der Waals surface area contributed by atoms with E-state index in [0.717, 1.165) is 51.4 Å². The summed E-state index contributed by atoms with van der Waals surface area (Å²) in [6.07, 6.45) is 82.3. The number of aliphatic hydroxyl groups is 2. The minimum absolute atomic E-state index is 0.00694. The Bertz CT molecular complexity index is 1190. The van der Waals surface area contributed by atoms with Gasteiger partial charge in [0.1, 0.15) is 0 Å². The second-order valence-electron chi connectivity index (χ2n) is 23.9. The van der Waals surface area contributed by atoms with Crippen molar-refractivity contribution in [2.75, 3.05) is 13.2 Å². The average molecular weight is 1070 g/mol. The van der Waals surface area contributed by atoms with E-state index in [-0.39, 0.29) is 18.5 Å². The summed E-state index contributed by atoms with van der Waals surface area (Å²) < 4.78 is 5.48. The topological polar surface area (TPSA) is 95.9 Å². The summed E-state index contributed by atoms with van der Waals surface area (Å²) in [4.78, 5) is 24.5. The third-order valence-electron chi connectivity index (χ3n) is 16.3. The molecule has 0 aliphatic rings. The van der Waals surface area contributed by atoms with Crippen LogP contribution in [0.4, 0.5) is 0 Å². The highest BCUT2D eigenvalue weighted by molar-refractivity contribution is 5.76. The highest BCUT2D eigenvalue weighted by Crippen LogP contribution is 2.19. The summed E-state index contributed by atoms with van der Waals surface area (Å²) in [5.74, 6) is -0.0216. The normalized spacial score (nSPS) is 12.6. The molecular formula is C70H135NO5. The van der Waals surface area contributed by atoms with Crippen LogP contribution in [-0.4, -0.2) is 47.4 Å². The maximum Gasteiger partial charge on any atom is 0.305 e. The Morgan fingerprint density at radius 1 is 0.368 bits per heavy atom. The smallest absolute Gasteiger partial charge is 0.305 e. The Morgan fingerprint density at radius 2 is 0.671 bits per heavy atom. The Morgan fingerprint density at radius 3 is 1.04 bits per heavy atom. The third-order valence-corrected chi connectivity index (χ3v) is 16.3. The predicted molar refractivity (Wildman–Crippen MR) is 333 cm³/mol. The molecule has 0 aromatic heterocycles. The summed E-state index contributed by atoms with van der Waals surface area (Å²) >= 11 is 0. The quantitative estimate of drug-likeness (QED) is 0.0320. The Balaban J connectivity index is 3.31. The van der Waals surface area contributed by atoms with Crippen molar-refractivity contribution in [3.8, 4) is 0 Å². The molecule has 0 heterocycles. The van der Waals surface area contributed by atoms with Gasteiger partial charge < -0.3 is 20.3 Å². The van der Waals surface area contributed by atoms with Crippen molar-refractivity contribution in [3.63, 3.8) is 0 Å². The van der Waals surface area contributed by atoms with Gasteiger partial charge >= 0.3 is 5.97 Å². The molecule has 3 N–H and O–H groups in total.